The van der Waals surface area contributed by atoms with Gasteiger partial charge in [0, 0.05) is 31.7 Å². The molecule has 0 atom stereocenters. The summed E-state index contributed by atoms with van der Waals surface area (Å²) < 4.78 is 0. The molecular weight excluding hydrogens is 398 g/mol. The number of benzene rings is 2. The van der Waals surface area contributed by atoms with E-state index in [4.69, 9.17) is 20.1 Å². The van der Waals surface area contributed by atoms with Crippen molar-refractivity contribution in [3.8, 4) is 0 Å². The second kappa shape index (κ2) is 8.04. The minimum absolute atomic E-state index is 0.522. The third-order valence-corrected chi connectivity index (χ3v) is 6.98. The second-order valence-corrected chi connectivity index (χ2v) is 9.07. The highest BCUT2D eigenvalue weighted by molar-refractivity contribution is 6.11. The van der Waals surface area contributed by atoms with Crippen molar-refractivity contribution in [2.45, 2.75) is 45.4 Å². The van der Waals surface area contributed by atoms with E-state index in [1.807, 2.05) is 0 Å². The van der Waals surface area contributed by atoms with Crippen LogP contribution in [0.3, 0.4) is 0 Å². The van der Waals surface area contributed by atoms with Crippen LogP contribution >= 0.6 is 0 Å². The Morgan fingerprint density at radius 1 is 0.812 bits per heavy atom. The van der Waals surface area contributed by atoms with E-state index in [0.717, 1.165) is 62.2 Å². The molecule has 7 heteroatoms. The number of aryl methyl sites for hydroxylation is 2. The predicted molar refractivity (Wildman–Crippen MR) is 130 cm³/mol. The molecule has 0 bridgehead atoms. The van der Waals surface area contributed by atoms with Gasteiger partial charge in [0.25, 0.3) is 0 Å². The molecule has 0 saturated carbocycles. The van der Waals surface area contributed by atoms with Gasteiger partial charge in [0.1, 0.15) is 0 Å². The zero-order valence-corrected chi connectivity index (χ0v) is 18.6. The lowest BCUT2D eigenvalue weighted by atomic mass is 9.98. The van der Waals surface area contributed by atoms with E-state index < -0.39 is 0 Å². The average Bonchev–Trinajstić information content (AvgIpc) is 3.60. The fraction of sp³-hybridized carbons (Fsp3) is 0.440. The van der Waals surface area contributed by atoms with Gasteiger partial charge in [0.2, 0.25) is 17.8 Å². The average molecular weight is 428 g/mol. The molecule has 1 aliphatic carbocycles. The molecule has 3 aromatic rings. The summed E-state index contributed by atoms with van der Waals surface area (Å²) in [6.45, 7) is 6.07. The topological polar surface area (TPSA) is 69.5 Å². The molecule has 7 nitrogen and oxygen atoms in total. The van der Waals surface area contributed by atoms with Gasteiger partial charge in [-0.1, -0.05) is 30.3 Å². The minimum Gasteiger partial charge on any atom is -0.341 e. The normalized spacial score (nSPS) is 18.2. The van der Waals surface area contributed by atoms with Gasteiger partial charge in [-0.25, -0.2) is 5.43 Å². The summed E-state index contributed by atoms with van der Waals surface area (Å²) in [4.78, 5) is 18.7. The summed E-state index contributed by atoms with van der Waals surface area (Å²) in [6.07, 6.45) is 7.03. The quantitative estimate of drug-likeness (QED) is 0.487. The smallest absolute Gasteiger partial charge is 0.250 e. The third-order valence-electron chi connectivity index (χ3n) is 6.98. The summed E-state index contributed by atoms with van der Waals surface area (Å²) in [5.74, 6) is 2.05. The van der Waals surface area contributed by atoms with Crippen LogP contribution in [-0.2, 0) is 12.8 Å². The molecule has 1 N–H and O–H groups in total. The van der Waals surface area contributed by atoms with Gasteiger partial charge in [-0.2, -0.15) is 20.1 Å². The highest BCUT2D eigenvalue weighted by Gasteiger charge is 2.22. The van der Waals surface area contributed by atoms with E-state index >= 15 is 0 Å². The van der Waals surface area contributed by atoms with Crippen molar-refractivity contribution >= 4 is 34.3 Å². The first kappa shape index (κ1) is 19.5. The summed E-state index contributed by atoms with van der Waals surface area (Å²) in [5.41, 5.74) is 8.14. The van der Waals surface area contributed by atoms with Crippen LogP contribution in [0.1, 0.15) is 49.3 Å². The summed E-state index contributed by atoms with van der Waals surface area (Å²) >= 11 is 0. The Morgan fingerprint density at radius 3 is 2.09 bits per heavy atom. The number of aromatic nitrogens is 3. The van der Waals surface area contributed by atoms with Crippen LogP contribution in [-0.4, -0.2) is 46.8 Å². The molecule has 0 unspecified atom stereocenters. The number of hydrogen-bond donors (Lipinski definition) is 1. The van der Waals surface area contributed by atoms with Crippen molar-refractivity contribution in [1.82, 2.24) is 15.0 Å². The maximum atomic E-state index is 4.79. The number of hydrazone groups is 1. The lowest BCUT2D eigenvalue weighted by molar-refractivity contribution is 0.838. The van der Waals surface area contributed by atoms with Crippen LogP contribution < -0.4 is 15.2 Å². The second-order valence-electron chi connectivity index (χ2n) is 9.07. The number of nitrogens with zero attached hydrogens (tertiary/aromatic N) is 6. The van der Waals surface area contributed by atoms with E-state index in [2.05, 4.69) is 52.5 Å². The Morgan fingerprint density at radius 2 is 1.44 bits per heavy atom. The van der Waals surface area contributed by atoms with Crippen LogP contribution in [0.25, 0.3) is 10.8 Å². The number of rotatable bonds is 5. The van der Waals surface area contributed by atoms with Crippen molar-refractivity contribution < 1.29 is 0 Å². The standard InChI is InChI=1S/C25H29N7/c1-17(20-12-11-19-10-9-18-7-6-8-21(20)22(18)19)29-30-23-26-24(31-13-2-3-14-31)28-25(27-23)32-15-4-5-16-32/h6-8,11-12H,2-5,9-10,13-16H2,1H3,(H,26,27,28,30)/b29-17+. The van der Waals surface area contributed by atoms with Crippen molar-refractivity contribution in [2.75, 3.05) is 41.4 Å². The van der Waals surface area contributed by atoms with E-state index in [0.29, 0.717) is 5.95 Å². The fourth-order valence-corrected chi connectivity index (χ4v) is 5.28. The van der Waals surface area contributed by atoms with E-state index in [-0.39, 0.29) is 0 Å². The highest BCUT2D eigenvalue weighted by atomic mass is 15.4. The highest BCUT2D eigenvalue weighted by Crippen LogP contribution is 2.33. The van der Waals surface area contributed by atoms with Crippen LogP contribution in [0.5, 0.6) is 0 Å². The monoisotopic (exact) mass is 427 g/mol. The van der Waals surface area contributed by atoms with Gasteiger partial charge in [-0.05, 0) is 67.3 Å². The lowest BCUT2D eigenvalue weighted by Gasteiger charge is -2.20. The van der Waals surface area contributed by atoms with Crippen molar-refractivity contribution in [2.24, 2.45) is 5.10 Å². The van der Waals surface area contributed by atoms with Gasteiger partial charge < -0.3 is 9.80 Å². The van der Waals surface area contributed by atoms with Crippen LogP contribution in [0, 0.1) is 0 Å². The van der Waals surface area contributed by atoms with E-state index in [1.54, 1.807) is 0 Å². The first-order chi connectivity index (χ1) is 15.8. The van der Waals surface area contributed by atoms with Gasteiger partial charge in [0.15, 0.2) is 0 Å². The Labute approximate surface area is 188 Å². The SMILES string of the molecule is C/C(=N\Nc1nc(N2CCCC2)nc(N2CCCC2)n1)c1ccc2c3c(cccc13)CC2. The molecule has 164 valence electrons. The predicted octanol–water partition coefficient (Wildman–Crippen LogP) is 4.16. The first-order valence-corrected chi connectivity index (χ1v) is 11.9. The Hall–Kier alpha value is -3.22. The van der Waals surface area contributed by atoms with Gasteiger partial charge >= 0.3 is 0 Å². The Kier molecular flexibility index (Phi) is 4.89. The maximum absolute atomic E-state index is 4.79. The van der Waals surface area contributed by atoms with Crippen molar-refractivity contribution in [3.05, 3.63) is 47.0 Å². The number of anilines is 3. The molecule has 2 aromatic carbocycles. The molecule has 2 saturated heterocycles. The molecule has 0 amide bonds. The molecule has 2 fully saturated rings. The fourth-order valence-electron chi connectivity index (χ4n) is 5.28. The Balaban J connectivity index is 1.33. The van der Waals surface area contributed by atoms with Crippen LogP contribution in [0.4, 0.5) is 17.8 Å². The van der Waals surface area contributed by atoms with Gasteiger partial charge in [-0.3, -0.25) is 0 Å². The molecule has 0 spiro atoms. The molecule has 0 radical (unpaired) electrons. The minimum atomic E-state index is 0.522. The zero-order chi connectivity index (χ0) is 21.5. The number of nitrogens with one attached hydrogen (secondary N) is 1. The molecular formula is C25H29N7. The molecule has 32 heavy (non-hydrogen) atoms. The molecule has 3 aliphatic rings. The summed E-state index contributed by atoms with van der Waals surface area (Å²) in [6, 6.07) is 11.1. The maximum Gasteiger partial charge on any atom is 0.250 e. The number of hydrogen-bond acceptors (Lipinski definition) is 7. The lowest BCUT2D eigenvalue weighted by Crippen LogP contribution is -2.25. The summed E-state index contributed by atoms with van der Waals surface area (Å²) in [5, 5.41) is 7.40. The van der Waals surface area contributed by atoms with Crippen LogP contribution in [0.2, 0.25) is 0 Å². The molecule has 1 aromatic heterocycles. The molecule has 6 rings (SSSR count). The van der Waals surface area contributed by atoms with Crippen molar-refractivity contribution in [1.29, 1.82) is 0 Å². The third kappa shape index (κ3) is 3.45. The summed E-state index contributed by atoms with van der Waals surface area (Å²) in [7, 11) is 0. The van der Waals surface area contributed by atoms with E-state index in [1.165, 1.54) is 47.6 Å². The van der Waals surface area contributed by atoms with Crippen LogP contribution in [0.15, 0.2) is 35.4 Å². The van der Waals surface area contributed by atoms with E-state index in [9.17, 15) is 0 Å². The van der Waals surface area contributed by atoms with Gasteiger partial charge in [-0.15, -0.1) is 0 Å². The van der Waals surface area contributed by atoms with Crippen molar-refractivity contribution in [3.63, 3.8) is 0 Å². The molecule has 2 aliphatic heterocycles. The molecule has 3 heterocycles. The first-order valence-electron chi connectivity index (χ1n) is 11.9. The zero-order valence-electron chi connectivity index (χ0n) is 18.6. The largest absolute Gasteiger partial charge is 0.341 e. The van der Waals surface area contributed by atoms with Gasteiger partial charge in [0.05, 0.1) is 5.71 Å². The Bertz CT molecular complexity index is 1150.